The number of nitrogens with one attached hydrogen (secondary N) is 2. The molecule has 0 fully saturated rings. The molecule has 0 radical (unpaired) electrons. The third-order valence-electron chi connectivity index (χ3n) is 10.2. The number of benzene rings is 1. The van der Waals surface area contributed by atoms with Crippen LogP contribution in [0.3, 0.4) is 0 Å². The Morgan fingerprint density at radius 2 is 0.725 bits per heavy atom. The van der Waals surface area contributed by atoms with Gasteiger partial charge in [-0.05, 0) is 37.5 Å². The first kappa shape index (κ1) is 47.9. The first-order chi connectivity index (χ1) is 25.1. The van der Waals surface area contributed by atoms with E-state index in [4.69, 9.17) is 0 Å². The molecule has 0 saturated carbocycles. The van der Waals surface area contributed by atoms with E-state index in [-0.39, 0.29) is 10.5 Å². The Bertz CT molecular complexity index is 941. The maximum absolute atomic E-state index is 12.6. The van der Waals surface area contributed by atoms with E-state index in [2.05, 4.69) is 24.5 Å². The molecule has 296 valence electrons. The van der Waals surface area contributed by atoms with Crippen molar-refractivity contribution in [1.82, 2.24) is 0 Å². The summed E-state index contributed by atoms with van der Waals surface area (Å²) < 4.78 is 0. The largest absolute Gasteiger partial charge is 0.317 e. The molecule has 1 aromatic rings. The summed E-state index contributed by atoms with van der Waals surface area (Å²) in [6.45, 7) is 6.57. The van der Waals surface area contributed by atoms with Crippen molar-refractivity contribution >= 4 is 45.4 Å². The normalized spacial score (nSPS) is 11.3. The van der Waals surface area contributed by atoms with Crippen molar-refractivity contribution in [2.24, 2.45) is 0 Å². The van der Waals surface area contributed by atoms with Crippen molar-refractivity contribution in [2.45, 2.75) is 226 Å². The number of aryl methyl sites for hydroxylation is 1. The van der Waals surface area contributed by atoms with E-state index in [1.807, 2.05) is 25.1 Å². The minimum atomic E-state index is -0.0186. The van der Waals surface area contributed by atoms with Gasteiger partial charge in [0.25, 0.3) is 10.5 Å². The molecule has 6 heteroatoms. The van der Waals surface area contributed by atoms with Crippen LogP contribution in [0.1, 0.15) is 225 Å². The van der Waals surface area contributed by atoms with Gasteiger partial charge < -0.3 is 10.6 Å². The van der Waals surface area contributed by atoms with Crippen molar-refractivity contribution in [3.05, 3.63) is 23.8 Å². The maximum atomic E-state index is 12.6. The lowest BCUT2D eigenvalue weighted by molar-refractivity contribution is 0.269. The molecular weight excluding hydrogens is 665 g/mol. The molecule has 51 heavy (non-hydrogen) atoms. The van der Waals surface area contributed by atoms with Crippen molar-refractivity contribution in [2.75, 3.05) is 22.1 Å². The molecule has 1 rings (SSSR count). The van der Waals surface area contributed by atoms with E-state index in [1.165, 1.54) is 216 Å². The van der Waals surface area contributed by atoms with E-state index < -0.39 is 0 Å². The number of unbranched alkanes of at least 4 members (excludes halogenated alkanes) is 30. The molecule has 0 aromatic heterocycles. The summed E-state index contributed by atoms with van der Waals surface area (Å²) >= 11 is 2.74. The fraction of sp³-hybridized carbons (Fsp3) is 0.822. The molecule has 0 heterocycles. The van der Waals surface area contributed by atoms with E-state index in [0.29, 0.717) is 0 Å². The number of hydrogen-bond acceptors (Lipinski definition) is 4. The van der Waals surface area contributed by atoms with Gasteiger partial charge in [-0.15, -0.1) is 0 Å². The summed E-state index contributed by atoms with van der Waals surface area (Å²) in [4.78, 5) is 25.1. The number of amides is 2. The van der Waals surface area contributed by atoms with Crippen LogP contribution >= 0.6 is 23.5 Å². The topological polar surface area (TPSA) is 58.2 Å². The Labute approximate surface area is 325 Å². The predicted molar refractivity (Wildman–Crippen MR) is 233 cm³/mol. The van der Waals surface area contributed by atoms with Gasteiger partial charge >= 0.3 is 0 Å². The maximum Gasteiger partial charge on any atom is 0.283 e. The fourth-order valence-corrected chi connectivity index (χ4v) is 8.20. The second kappa shape index (κ2) is 37.2. The van der Waals surface area contributed by atoms with Crippen LogP contribution in [0.2, 0.25) is 0 Å². The number of rotatable bonds is 36. The van der Waals surface area contributed by atoms with Crippen LogP contribution in [0.15, 0.2) is 18.2 Å². The average molecular weight is 747 g/mol. The van der Waals surface area contributed by atoms with Crippen LogP contribution in [-0.2, 0) is 0 Å². The van der Waals surface area contributed by atoms with Gasteiger partial charge in [0.15, 0.2) is 0 Å². The Morgan fingerprint density at radius 3 is 1.06 bits per heavy atom. The van der Waals surface area contributed by atoms with Crippen LogP contribution in [-0.4, -0.2) is 22.0 Å². The van der Waals surface area contributed by atoms with E-state index in [0.717, 1.165) is 41.3 Å². The predicted octanol–water partition coefficient (Wildman–Crippen LogP) is 17.0. The molecule has 0 aliphatic rings. The minimum Gasteiger partial charge on any atom is -0.317 e. The molecule has 1 aromatic carbocycles. The number of thioether (sulfide) groups is 2. The summed E-state index contributed by atoms with van der Waals surface area (Å²) in [5, 5.41) is 6.02. The molecule has 4 nitrogen and oxygen atoms in total. The van der Waals surface area contributed by atoms with Gasteiger partial charge in [-0.1, -0.05) is 236 Å². The first-order valence-electron chi connectivity index (χ1n) is 22.0. The van der Waals surface area contributed by atoms with Crippen molar-refractivity contribution in [3.63, 3.8) is 0 Å². The van der Waals surface area contributed by atoms with Gasteiger partial charge in [-0.3, -0.25) is 9.59 Å². The highest BCUT2D eigenvalue weighted by atomic mass is 32.2. The van der Waals surface area contributed by atoms with Gasteiger partial charge in [0.05, 0.1) is 0 Å². The summed E-state index contributed by atoms with van der Waals surface area (Å²) in [5.41, 5.74) is 2.52. The van der Waals surface area contributed by atoms with Crippen molar-refractivity contribution < 1.29 is 9.59 Å². The Hall–Kier alpha value is -1.14. The lowest BCUT2D eigenvalue weighted by Crippen LogP contribution is -2.09. The lowest BCUT2D eigenvalue weighted by Gasteiger charge is -2.11. The van der Waals surface area contributed by atoms with Gasteiger partial charge in [0.1, 0.15) is 0 Å². The molecule has 0 spiro atoms. The van der Waals surface area contributed by atoms with Gasteiger partial charge in [0.2, 0.25) is 0 Å². The van der Waals surface area contributed by atoms with Crippen LogP contribution in [0.4, 0.5) is 21.0 Å². The number of carbonyl (C=O) groups is 2. The fourth-order valence-electron chi connectivity index (χ4n) is 6.76. The molecule has 0 bridgehead atoms. The third-order valence-corrected chi connectivity index (χ3v) is 11.9. The zero-order chi connectivity index (χ0) is 36.9. The molecule has 0 saturated heterocycles. The minimum absolute atomic E-state index is 0.0135. The molecular formula is C45H82N2O2S2. The summed E-state index contributed by atoms with van der Waals surface area (Å²) in [6, 6.07) is 5.77. The van der Waals surface area contributed by atoms with Gasteiger partial charge in [-0.2, -0.15) is 0 Å². The number of anilines is 2. The van der Waals surface area contributed by atoms with Gasteiger partial charge in [-0.25, -0.2) is 0 Å². The van der Waals surface area contributed by atoms with E-state index >= 15 is 0 Å². The Morgan fingerprint density at radius 1 is 0.431 bits per heavy atom. The zero-order valence-corrected chi connectivity index (χ0v) is 35.5. The summed E-state index contributed by atoms with van der Waals surface area (Å²) in [7, 11) is 0. The van der Waals surface area contributed by atoms with Crippen LogP contribution < -0.4 is 10.6 Å². The first-order valence-corrected chi connectivity index (χ1v) is 24.0. The molecule has 0 atom stereocenters. The third kappa shape index (κ3) is 32.0. The summed E-state index contributed by atoms with van der Waals surface area (Å²) in [5.74, 6) is 1.71. The van der Waals surface area contributed by atoms with Crippen LogP contribution in [0, 0.1) is 6.92 Å². The second-order valence-corrected chi connectivity index (χ2v) is 17.3. The highest BCUT2D eigenvalue weighted by Gasteiger charge is 2.09. The SMILES string of the molecule is CCCCCCCCCCCCCCCCCCSC(=O)Nc1ccc(C)c(NC(=O)SCCCCCCCCCCCCCCCCCC)c1. The standard InChI is InChI=1S/C45H82N2O2S2/c1-4-6-8-10-12-14-16-18-20-22-24-26-28-30-32-34-38-50-44(48)46-42-37-36-41(3)43(40-42)47-45(49)51-39-35-33-31-29-27-25-23-21-19-17-15-13-11-9-7-5-2/h36-37,40H,4-35,38-39H2,1-3H3,(H,46,48)(H,47,49). The molecule has 2 amide bonds. The highest BCUT2D eigenvalue weighted by Crippen LogP contribution is 2.24. The summed E-state index contributed by atoms with van der Waals surface area (Å²) in [6.07, 6.45) is 43.5. The number of carbonyl (C=O) groups excluding carboxylic acids is 2. The smallest absolute Gasteiger partial charge is 0.283 e. The molecule has 2 N–H and O–H groups in total. The molecule has 0 aliphatic carbocycles. The quantitative estimate of drug-likeness (QED) is 0.0671. The van der Waals surface area contributed by atoms with Crippen LogP contribution in [0.5, 0.6) is 0 Å². The number of hydrogen-bond donors (Lipinski definition) is 2. The van der Waals surface area contributed by atoms with E-state index in [9.17, 15) is 9.59 Å². The average Bonchev–Trinajstić information content (AvgIpc) is 3.12. The Balaban J connectivity index is 1.99. The van der Waals surface area contributed by atoms with Crippen molar-refractivity contribution in [3.8, 4) is 0 Å². The Kier molecular flexibility index (Phi) is 34.9. The van der Waals surface area contributed by atoms with Crippen molar-refractivity contribution in [1.29, 1.82) is 0 Å². The highest BCUT2D eigenvalue weighted by molar-refractivity contribution is 8.14. The van der Waals surface area contributed by atoms with E-state index in [1.54, 1.807) is 0 Å². The molecule has 0 unspecified atom stereocenters. The zero-order valence-electron chi connectivity index (χ0n) is 33.9. The monoisotopic (exact) mass is 747 g/mol. The lowest BCUT2D eigenvalue weighted by atomic mass is 10.0. The molecule has 0 aliphatic heterocycles. The van der Waals surface area contributed by atoms with Gasteiger partial charge in [0, 0.05) is 22.9 Å². The second-order valence-electron chi connectivity index (χ2n) is 15.2. The van der Waals surface area contributed by atoms with Crippen LogP contribution in [0.25, 0.3) is 0 Å².